The number of aliphatic hydroxyl groups is 1. The van der Waals surface area contributed by atoms with E-state index >= 15 is 0 Å². The van der Waals surface area contributed by atoms with Gasteiger partial charge < -0.3 is 24.1 Å². The number of ketones is 1. The lowest BCUT2D eigenvalue weighted by Gasteiger charge is -2.22. The van der Waals surface area contributed by atoms with Crippen molar-refractivity contribution in [2.45, 2.75) is 57.8 Å². The molecule has 3 rings (SSSR count). The van der Waals surface area contributed by atoms with Crippen LogP contribution in [0.3, 0.4) is 0 Å². The second-order valence-corrected chi connectivity index (χ2v) is 7.33. The van der Waals surface area contributed by atoms with Crippen LogP contribution in [0.4, 0.5) is 0 Å². The van der Waals surface area contributed by atoms with Crippen molar-refractivity contribution in [1.82, 2.24) is 0 Å². The Balaban J connectivity index is 1.79. The minimum atomic E-state index is -1.11. The highest BCUT2D eigenvalue weighted by atomic mass is 35.5. The molecule has 2 heterocycles. The monoisotopic (exact) mass is 382 g/mol. The Bertz CT molecular complexity index is 716. The molecule has 26 heavy (non-hydrogen) atoms. The molecule has 1 aromatic carbocycles. The van der Waals surface area contributed by atoms with Crippen molar-refractivity contribution >= 4 is 17.4 Å². The Labute approximate surface area is 157 Å². The van der Waals surface area contributed by atoms with Crippen LogP contribution in [0.1, 0.15) is 35.3 Å². The summed E-state index contributed by atoms with van der Waals surface area (Å²) >= 11 is 6.31. The number of rotatable bonds is 6. The van der Waals surface area contributed by atoms with E-state index in [2.05, 4.69) is 6.58 Å². The summed E-state index contributed by atoms with van der Waals surface area (Å²) in [6.07, 6.45) is -1.98. The summed E-state index contributed by atoms with van der Waals surface area (Å²) in [5.41, 5.74) is 1.83. The van der Waals surface area contributed by atoms with E-state index in [-0.39, 0.29) is 12.4 Å². The molecule has 1 aromatic rings. The minimum absolute atomic E-state index is 0.257. The Morgan fingerprint density at radius 3 is 2.81 bits per heavy atom. The molecule has 0 radical (unpaired) electrons. The number of hydrogen-bond donors (Lipinski definition) is 1. The van der Waals surface area contributed by atoms with Crippen LogP contribution in [-0.4, -0.2) is 47.9 Å². The fraction of sp³-hybridized carbons (Fsp3) is 0.526. The van der Waals surface area contributed by atoms with E-state index in [0.717, 1.165) is 5.56 Å². The van der Waals surface area contributed by atoms with Gasteiger partial charge in [0.05, 0.1) is 13.2 Å². The van der Waals surface area contributed by atoms with E-state index in [1.54, 1.807) is 32.1 Å². The van der Waals surface area contributed by atoms with Gasteiger partial charge in [0.2, 0.25) is 0 Å². The number of fused-ring (bicyclic) bond motifs is 1. The molecule has 0 saturated carbocycles. The Hall–Kier alpha value is -1.28. The van der Waals surface area contributed by atoms with Gasteiger partial charge in [-0.15, -0.1) is 6.58 Å². The molecule has 0 spiro atoms. The molecule has 6 nitrogen and oxygen atoms in total. The lowest BCUT2D eigenvalue weighted by Crippen LogP contribution is -2.38. The van der Waals surface area contributed by atoms with E-state index in [9.17, 15) is 9.90 Å². The van der Waals surface area contributed by atoms with E-state index in [1.165, 1.54) is 0 Å². The highest BCUT2D eigenvalue weighted by Crippen LogP contribution is 2.38. The number of benzene rings is 1. The van der Waals surface area contributed by atoms with Crippen LogP contribution in [0, 0.1) is 6.92 Å². The van der Waals surface area contributed by atoms with Crippen LogP contribution in [0.5, 0.6) is 0 Å². The Morgan fingerprint density at radius 1 is 1.42 bits per heavy atom. The molecule has 7 heteroatoms. The number of aryl methyl sites for hydroxylation is 1. The van der Waals surface area contributed by atoms with Gasteiger partial charge in [-0.05, 0) is 44.0 Å². The normalized spacial score (nSPS) is 29.6. The number of ether oxygens (including phenoxy) is 4. The van der Waals surface area contributed by atoms with Gasteiger partial charge in [-0.1, -0.05) is 17.7 Å². The first kappa shape index (κ1) is 19.5. The molecule has 0 bridgehead atoms. The zero-order valence-electron chi connectivity index (χ0n) is 15.0. The molecule has 2 aliphatic rings. The summed E-state index contributed by atoms with van der Waals surface area (Å²) in [7, 11) is 0. The van der Waals surface area contributed by atoms with Gasteiger partial charge in [0, 0.05) is 10.6 Å². The van der Waals surface area contributed by atoms with Crippen molar-refractivity contribution in [3.8, 4) is 0 Å². The van der Waals surface area contributed by atoms with Crippen LogP contribution in [0.15, 0.2) is 24.8 Å². The summed E-state index contributed by atoms with van der Waals surface area (Å²) in [5.74, 6) is -1.20. The van der Waals surface area contributed by atoms with Gasteiger partial charge in [0.1, 0.15) is 12.2 Å². The second kappa shape index (κ2) is 7.38. The molecule has 142 valence electrons. The third kappa shape index (κ3) is 3.71. The van der Waals surface area contributed by atoms with Crippen LogP contribution >= 0.6 is 11.6 Å². The molecule has 2 saturated heterocycles. The first-order valence-electron chi connectivity index (χ1n) is 8.44. The minimum Gasteiger partial charge on any atom is -0.387 e. The quantitative estimate of drug-likeness (QED) is 0.463. The average molecular weight is 383 g/mol. The highest BCUT2D eigenvalue weighted by molar-refractivity contribution is 6.32. The molecular formula is C19H23ClO6. The summed E-state index contributed by atoms with van der Waals surface area (Å²) in [4.78, 5) is 12.9. The van der Waals surface area contributed by atoms with E-state index in [0.29, 0.717) is 22.8 Å². The van der Waals surface area contributed by atoms with Crippen molar-refractivity contribution in [2.75, 3.05) is 6.61 Å². The van der Waals surface area contributed by atoms with Gasteiger partial charge in [0.15, 0.2) is 24.0 Å². The number of carbonyl (C=O) groups is 1. The highest BCUT2D eigenvalue weighted by Gasteiger charge is 2.56. The van der Waals surface area contributed by atoms with Gasteiger partial charge in [0.25, 0.3) is 0 Å². The Kier molecular flexibility index (Phi) is 5.53. The van der Waals surface area contributed by atoms with E-state index < -0.39 is 30.4 Å². The van der Waals surface area contributed by atoms with Gasteiger partial charge in [-0.3, -0.25) is 4.79 Å². The predicted molar refractivity (Wildman–Crippen MR) is 95.1 cm³/mol. The van der Waals surface area contributed by atoms with Gasteiger partial charge in [-0.2, -0.15) is 0 Å². The van der Waals surface area contributed by atoms with Crippen molar-refractivity contribution in [1.29, 1.82) is 0 Å². The molecule has 4 atom stereocenters. The largest absolute Gasteiger partial charge is 0.387 e. The number of carbonyl (C=O) groups excluding carboxylic acids is 1. The smallest absolute Gasteiger partial charge is 0.194 e. The first-order valence-corrected chi connectivity index (χ1v) is 8.82. The maximum absolute atomic E-state index is 12.9. The van der Waals surface area contributed by atoms with Crippen molar-refractivity contribution in [2.24, 2.45) is 0 Å². The molecule has 1 N–H and O–H groups in total. The van der Waals surface area contributed by atoms with Crippen LogP contribution in [0.2, 0.25) is 5.02 Å². The van der Waals surface area contributed by atoms with Crippen LogP contribution < -0.4 is 0 Å². The number of aliphatic hydroxyl groups excluding tert-OH is 1. The standard InChI is InChI=1S/C19H23ClO6/c1-5-6-23-9-12-8-11(7-10(2)13(12)20)14(21)16-15(22)17-18(24-16)26-19(3,4)25-17/h5,7-8,15-18,22H,1,6,9H2,2-4H3/t15-,16+,17+,18+/m1/s1. The zero-order valence-corrected chi connectivity index (χ0v) is 15.8. The molecule has 2 aliphatic heterocycles. The zero-order chi connectivity index (χ0) is 19.1. The van der Waals surface area contributed by atoms with Crippen LogP contribution in [-0.2, 0) is 25.6 Å². The lowest BCUT2D eigenvalue weighted by molar-refractivity contribution is -0.208. The Morgan fingerprint density at radius 2 is 2.15 bits per heavy atom. The first-order chi connectivity index (χ1) is 12.2. The molecular weight excluding hydrogens is 360 g/mol. The maximum Gasteiger partial charge on any atom is 0.194 e. The topological polar surface area (TPSA) is 74.2 Å². The maximum atomic E-state index is 12.9. The number of halogens is 1. The van der Waals surface area contributed by atoms with Gasteiger partial charge >= 0.3 is 0 Å². The third-order valence-corrected chi connectivity index (χ3v) is 4.92. The fourth-order valence-electron chi connectivity index (χ4n) is 3.21. The van der Waals surface area contributed by atoms with Gasteiger partial charge in [-0.25, -0.2) is 0 Å². The summed E-state index contributed by atoms with van der Waals surface area (Å²) in [5, 5.41) is 11.0. The van der Waals surface area contributed by atoms with Crippen molar-refractivity contribution in [3.63, 3.8) is 0 Å². The lowest BCUT2D eigenvalue weighted by atomic mass is 9.97. The molecule has 0 aromatic heterocycles. The van der Waals surface area contributed by atoms with E-state index in [4.69, 9.17) is 30.5 Å². The molecule has 2 fully saturated rings. The summed E-state index contributed by atoms with van der Waals surface area (Å²) < 4.78 is 22.3. The van der Waals surface area contributed by atoms with Crippen molar-refractivity contribution < 1.29 is 28.8 Å². The fourth-order valence-corrected chi connectivity index (χ4v) is 3.38. The average Bonchev–Trinajstić information content (AvgIpc) is 3.04. The summed E-state index contributed by atoms with van der Waals surface area (Å²) in [6.45, 7) is 9.51. The number of Topliss-reactive ketones (excluding diaryl/α,β-unsaturated/α-hetero) is 1. The molecule has 0 unspecified atom stereocenters. The summed E-state index contributed by atoms with van der Waals surface area (Å²) in [6, 6.07) is 3.34. The SMILES string of the molecule is C=CCOCc1cc(C(=O)[C@@H]2O[C@H]3OC(C)(C)O[C@H]3[C@@H]2O)cc(C)c1Cl. The molecule has 0 aliphatic carbocycles. The number of hydrogen-bond acceptors (Lipinski definition) is 6. The predicted octanol–water partition coefficient (Wildman–Crippen LogP) is 2.77. The van der Waals surface area contributed by atoms with Crippen LogP contribution in [0.25, 0.3) is 0 Å². The van der Waals surface area contributed by atoms with Crippen molar-refractivity contribution in [3.05, 3.63) is 46.5 Å². The molecule has 0 amide bonds. The second-order valence-electron chi connectivity index (χ2n) is 6.95. The third-order valence-electron chi connectivity index (χ3n) is 4.38. The van der Waals surface area contributed by atoms with E-state index in [1.807, 2.05) is 6.92 Å².